The molecule has 2 atom stereocenters. The summed E-state index contributed by atoms with van der Waals surface area (Å²) in [6.07, 6.45) is -0.181. The van der Waals surface area contributed by atoms with Crippen LogP contribution in [-0.2, 0) is 6.42 Å². The molecule has 0 saturated carbocycles. The van der Waals surface area contributed by atoms with Gasteiger partial charge in [-0.2, -0.15) is 0 Å². The molecule has 0 unspecified atom stereocenters. The van der Waals surface area contributed by atoms with E-state index in [0.717, 1.165) is 17.2 Å². The number of nitrogens with one attached hydrogen (secondary N) is 1. The lowest BCUT2D eigenvalue weighted by Gasteiger charge is -2.18. The Morgan fingerprint density at radius 3 is 2.81 bits per heavy atom. The summed E-state index contributed by atoms with van der Waals surface area (Å²) < 4.78 is 13.4. The van der Waals surface area contributed by atoms with Gasteiger partial charge in [0.2, 0.25) is 0 Å². The van der Waals surface area contributed by atoms with Crippen molar-refractivity contribution in [3.05, 3.63) is 70.0 Å². The van der Waals surface area contributed by atoms with E-state index in [2.05, 4.69) is 5.32 Å². The SMILES string of the molecule is O=C(N[C@H]1c2ccccc2C[C@H]1O)c1ccc(Cl)c(F)c1. The van der Waals surface area contributed by atoms with E-state index in [4.69, 9.17) is 11.6 Å². The molecule has 3 nitrogen and oxygen atoms in total. The molecule has 1 aliphatic rings. The predicted molar refractivity (Wildman–Crippen MR) is 77.8 cm³/mol. The maximum absolute atomic E-state index is 13.4. The van der Waals surface area contributed by atoms with Crippen molar-refractivity contribution < 1.29 is 14.3 Å². The molecule has 2 aromatic rings. The van der Waals surface area contributed by atoms with Crippen LogP contribution in [0, 0.1) is 5.82 Å². The van der Waals surface area contributed by atoms with Crippen molar-refractivity contribution in [1.29, 1.82) is 0 Å². The Morgan fingerprint density at radius 1 is 1.29 bits per heavy atom. The van der Waals surface area contributed by atoms with Crippen molar-refractivity contribution in [2.45, 2.75) is 18.6 Å². The Bertz CT molecular complexity index is 704. The number of fused-ring (bicyclic) bond motifs is 1. The number of aliphatic hydroxyl groups excluding tert-OH is 1. The van der Waals surface area contributed by atoms with Crippen LogP contribution in [0.5, 0.6) is 0 Å². The molecule has 2 aromatic carbocycles. The van der Waals surface area contributed by atoms with E-state index >= 15 is 0 Å². The number of hydrogen-bond donors (Lipinski definition) is 2. The Balaban J connectivity index is 1.83. The van der Waals surface area contributed by atoms with Gasteiger partial charge in [0.1, 0.15) is 5.82 Å². The highest BCUT2D eigenvalue weighted by Crippen LogP contribution is 2.31. The predicted octanol–water partition coefficient (Wildman–Crippen LogP) is 2.87. The zero-order valence-electron chi connectivity index (χ0n) is 11.0. The number of benzene rings is 2. The van der Waals surface area contributed by atoms with E-state index < -0.39 is 23.9 Å². The molecule has 1 amide bonds. The highest BCUT2D eigenvalue weighted by atomic mass is 35.5. The molecule has 0 aromatic heterocycles. The third-order valence-electron chi connectivity index (χ3n) is 3.67. The number of amides is 1. The molecule has 108 valence electrons. The first-order chi connectivity index (χ1) is 10.1. The molecule has 2 N–H and O–H groups in total. The van der Waals surface area contributed by atoms with Crippen LogP contribution in [0.2, 0.25) is 5.02 Å². The van der Waals surface area contributed by atoms with Crippen molar-refractivity contribution in [2.75, 3.05) is 0 Å². The fraction of sp³-hybridized carbons (Fsp3) is 0.188. The highest BCUT2D eigenvalue weighted by molar-refractivity contribution is 6.30. The minimum atomic E-state index is -0.677. The van der Waals surface area contributed by atoms with Crippen molar-refractivity contribution >= 4 is 17.5 Å². The van der Waals surface area contributed by atoms with Gasteiger partial charge in [0.25, 0.3) is 5.91 Å². The van der Waals surface area contributed by atoms with Crippen molar-refractivity contribution in [3.8, 4) is 0 Å². The fourth-order valence-electron chi connectivity index (χ4n) is 2.61. The van der Waals surface area contributed by atoms with Crippen molar-refractivity contribution in [3.63, 3.8) is 0 Å². The minimum Gasteiger partial charge on any atom is -0.390 e. The van der Waals surface area contributed by atoms with E-state index in [1.165, 1.54) is 12.1 Å². The second kappa shape index (κ2) is 5.47. The lowest BCUT2D eigenvalue weighted by molar-refractivity contribution is 0.0858. The van der Waals surface area contributed by atoms with Gasteiger partial charge in [0.15, 0.2) is 0 Å². The van der Waals surface area contributed by atoms with E-state index in [-0.39, 0.29) is 10.6 Å². The maximum Gasteiger partial charge on any atom is 0.251 e. The zero-order valence-corrected chi connectivity index (χ0v) is 11.8. The second-order valence-corrected chi connectivity index (χ2v) is 5.46. The van der Waals surface area contributed by atoms with Gasteiger partial charge in [-0.15, -0.1) is 0 Å². The van der Waals surface area contributed by atoms with Gasteiger partial charge in [-0.25, -0.2) is 4.39 Å². The van der Waals surface area contributed by atoms with Crippen LogP contribution in [0.3, 0.4) is 0 Å². The summed E-state index contributed by atoms with van der Waals surface area (Å²) in [5.41, 5.74) is 2.08. The molecule has 0 heterocycles. The maximum atomic E-state index is 13.4. The molecule has 5 heteroatoms. The summed E-state index contributed by atoms with van der Waals surface area (Å²) in [5.74, 6) is -1.08. The van der Waals surface area contributed by atoms with E-state index in [1.807, 2.05) is 24.3 Å². The van der Waals surface area contributed by atoms with Gasteiger partial charge in [-0.3, -0.25) is 4.79 Å². The molecule has 0 saturated heterocycles. The van der Waals surface area contributed by atoms with Crippen LogP contribution in [0.4, 0.5) is 4.39 Å². The normalized spacial score (nSPS) is 20.1. The summed E-state index contributed by atoms with van der Waals surface area (Å²) >= 11 is 5.60. The average molecular weight is 306 g/mol. The summed E-state index contributed by atoms with van der Waals surface area (Å²) in [4.78, 5) is 12.2. The zero-order chi connectivity index (χ0) is 15.0. The summed E-state index contributed by atoms with van der Waals surface area (Å²) in [5, 5.41) is 12.8. The van der Waals surface area contributed by atoms with E-state index in [0.29, 0.717) is 6.42 Å². The van der Waals surface area contributed by atoms with Gasteiger partial charge in [0, 0.05) is 12.0 Å². The summed E-state index contributed by atoms with van der Waals surface area (Å²) in [6, 6.07) is 10.9. The molecule has 21 heavy (non-hydrogen) atoms. The van der Waals surface area contributed by atoms with E-state index in [9.17, 15) is 14.3 Å². The Morgan fingerprint density at radius 2 is 2.05 bits per heavy atom. The molecule has 1 aliphatic carbocycles. The van der Waals surface area contributed by atoms with Crippen LogP contribution < -0.4 is 5.32 Å². The van der Waals surface area contributed by atoms with Crippen molar-refractivity contribution in [2.24, 2.45) is 0 Å². The first-order valence-corrected chi connectivity index (χ1v) is 6.96. The van der Waals surface area contributed by atoms with Crippen LogP contribution >= 0.6 is 11.6 Å². The van der Waals surface area contributed by atoms with Crippen LogP contribution in [0.15, 0.2) is 42.5 Å². The molecule has 0 bridgehead atoms. The Kier molecular flexibility index (Phi) is 3.66. The number of hydrogen-bond acceptors (Lipinski definition) is 2. The van der Waals surface area contributed by atoms with E-state index in [1.54, 1.807) is 0 Å². The Labute approximate surface area is 126 Å². The highest BCUT2D eigenvalue weighted by Gasteiger charge is 2.32. The second-order valence-electron chi connectivity index (χ2n) is 5.05. The molecule has 0 fully saturated rings. The quantitative estimate of drug-likeness (QED) is 0.896. The number of aliphatic hydroxyl groups is 1. The molecule has 0 aliphatic heterocycles. The molecule has 3 rings (SSSR count). The average Bonchev–Trinajstić information content (AvgIpc) is 2.78. The van der Waals surface area contributed by atoms with Crippen LogP contribution in [0.25, 0.3) is 0 Å². The summed E-state index contributed by atoms with van der Waals surface area (Å²) in [7, 11) is 0. The summed E-state index contributed by atoms with van der Waals surface area (Å²) in [6.45, 7) is 0. The van der Waals surface area contributed by atoms with Gasteiger partial charge in [0.05, 0.1) is 17.2 Å². The van der Waals surface area contributed by atoms with Gasteiger partial charge >= 0.3 is 0 Å². The molecule has 0 spiro atoms. The van der Waals surface area contributed by atoms with Crippen LogP contribution in [-0.4, -0.2) is 17.1 Å². The lowest BCUT2D eigenvalue weighted by atomic mass is 10.1. The molecular weight excluding hydrogens is 293 g/mol. The monoisotopic (exact) mass is 305 g/mol. The van der Waals surface area contributed by atoms with Gasteiger partial charge in [-0.05, 0) is 29.3 Å². The van der Waals surface area contributed by atoms with Crippen molar-refractivity contribution in [1.82, 2.24) is 5.32 Å². The molecule has 0 radical (unpaired) electrons. The third-order valence-corrected chi connectivity index (χ3v) is 3.98. The number of halogens is 2. The largest absolute Gasteiger partial charge is 0.390 e. The van der Waals surface area contributed by atoms with Gasteiger partial charge < -0.3 is 10.4 Å². The van der Waals surface area contributed by atoms with Gasteiger partial charge in [-0.1, -0.05) is 35.9 Å². The first kappa shape index (κ1) is 14.0. The number of rotatable bonds is 2. The topological polar surface area (TPSA) is 49.3 Å². The number of carbonyl (C=O) groups is 1. The van der Waals surface area contributed by atoms with Crippen LogP contribution in [0.1, 0.15) is 27.5 Å². The lowest BCUT2D eigenvalue weighted by Crippen LogP contribution is -2.33. The standard InChI is InChI=1S/C16H13ClFNO2/c17-12-6-5-10(7-13(12)18)16(21)19-15-11-4-2-1-3-9(11)8-14(15)20/h1-7,14-15,20H,8H2,(H,19,21)/t14-,15+/m1/s1. The third kappa shape index (κ3) is 2.64. The minimum absolute atomic E-state index is 0.0298. The fourth-order valence-corrected chi connectivity index (χ4v) is 2.73. The first-order valence-electron chi connectivity index (χ1n) is 6.58. The smallest absolute Gasteiger partial charge is 0.251 e. The Hall–Kier alpha value is -1.91. The molecular formula is C16H13ClFNO2. The number of carbonyl (C=O) groups excluding carboxylic acids is 1.